The molecule has 0 bridgehead atoms. The highest BCUT2D eigenvalue weighted by atomic mass is 35.5. The van der Waals surface area contributed by atoms with E-state index in [9.17, 15) is 4.39 Å². The fourth-order valence-corrected chi connectivity index (χ4v) is 3.06. The third-order valence-corrected chi connectivity index (χ3v) is 4.02. The van der Waals surface area contributed by atoms with Crippen LogP contribution in [0.3, 0.4) is 0 Å². The number of hydrogen-bond acceptors (Lipinski definition) is 3. The van der Waals surface area contributed by atoms with Gasteiger partial charge in [0.25, 0.3) is 0 Å². The van der Waals surface area contributed by atoms with Gasteiger partial charge < -0.3 is 10.2 Å². The maximum absolute atomic E-state index is 13.4. The minimum Gasteiger partial charge on any atom is -0.366 e. The summed E-state index contributed by atoms with van der Waals surface area (Å²) in [6.45, 7) is 2.03. The van der Waals surface area contributed by atoms with Gasteiger partial charge in [-0.3, -0.25) is 0 Å². The molecule has 1 N–H and O–H groups in total. The highest BCUT2D eigenvalue weighted by molar-refractivity contribution is 6.29. The van der Waals surface area contributed by atoms with Crippen molar-refractivity contribution in [1.82, 2.24) is 10.3 Å². The molecule has 0 aromatic carbocycles. The van der Waals surface area contributed by atoms with Crippen LogP contribution in [0.15, 0.2) is 12.3 Å². The Bertz CT molecular complexity index is 426. The van der Waals surface area contributed by atoms with E-state index in [0.717, 1.165) is 31.6 Å². The molecule has 2 atom stereocenters. The summed E-state index contributed by atoms with van der Waals surface area (Å²) in [6.07, 6.45) is 5.14. The second kappa shape index (κ2) is 4.42. The molecule has 2 fully saturated rings. The Hall–Kier alpha value is -0.870. The van der Waals surface area contributed by atoms with Crippen molar-refractivity contribution < 1.29 is 4.39 Å². The molecule has 3 rings (SSSR count). The van der Waals surface area contributed by atoms with Crippen molar-refractivity contribution in [3.63, 3.8) is 0 Å². The van der Waals surface area contributed by atoms with E-state index in [1.807, 2.05) is 0 Å². The first kappa shape index (κ1) is 11.2. The second-order valence-electron chi connectivity index (χ2n) is 4.72. The predicted octanol–water partition coefficient (Wildman–Crippen LogP) is 2.20. The molecule has 0 saturated carbocycles. The highest BCUT2D eigenvalue weighted by Crippen LogP contribution is 2.30. The lowest BCUT2D eigenvalue weighted by atomic mass is 9.97. The Morgan fingerprint density at radius 1 is 1.47 bits per heavy atom. The van der Waals surface area contributed by atoms with Crippen molar-refractivity contribution in [2.45, 2.75) is 31.3 Å². The van der Waals surface area contributed by atoms with Gasteiger partial charge in [0.2, 0.25) is 0 Å². The zero-order valence-corrected chi connectivity index (χ0v) is 10.3. The number of rotatable bonds is 1. The lowest BCUT2D eigenvalue weighted by Gasteiger charge is -2.38. The second-order valence-corrected chi connectivity index (χ2v) is 5.08. The van der Waals surface area contributed by atoms with Crippen molar-refractivity contribution in [2.24, 2.45) is 0 Å². The van der Waals surface area contributed by atoms with E-state index in [4.69, 9.17) is 11.6 Å². The van der Waals surface area contributed by atoms with Gasteiger partial charge in [0.15, 0.2) is 11.0 Å². The molecule has 5 heteroatoms. The van der Waals surface area contributed by atoms with Gasteiger partial charge in [0.05, 0.1) is 11.9 Å². The van der Waals surface area contributed by atoms with Crippen molar-refractivity contribution in [2.75, 3.05) is 18.0 Å². The van der Waals surface area contributed by atoms with Crippen LogP contribution in [0.1, 0.15) is 19.3 Å². The minimum absolute atomic E-state index is 0.0492. The van der Waals surface area contributed by atoms with E-state index in [1.165, 1.54) is 12.5 Å². The topological polar surface area (TPSA) is 28.2 Å². The van der Waals surface area contributed by atoms with E-state index in [-0.39, 0.29) is 5.15 Å². The molecule has 1 aromatic rings. The lowest BCUT2D eigenvalue weighted by molar-refractivity contribution is 0.411. The van der Waals surface area contributed by atoms with E-state index < -0.39 is 5.82 Å². The Labute approximate surface area is 105 Å². The summed E-state index contributed by atoms with van der Waals surface area (Å²) < 4.78 is 13.4. The molecule has 0 amide bonds. The third kappa shape index (κ3) is 2.00. The number of anilines is 1. The van der Waals surface area contributed by atoms with Gasteiger partial charge in [-0.25, -0.2) is 9.37 Å². The van der Waals surface area contributed by atoms with Gasteiger partial charge in [-0.1, -0.05) is 11.6 Å². The first-order chi connectivity index (χ1) is 8.25. The number of aromatic nitrogens is 1. The predicted molar refractivity (Wildman–Crippen MR) is 66.0 cm³/mol. The van der Waals surface area contributed by atoms with Crippen LogP contribution in [0.2, 0.25) is 5.15 Å². The average molecular weight is 256 g/mol. The average Bonchev–Trinajstić information content (AvgIpc) is 2.80. The molecule has 3 nitrogen and oxygen atoms in total. The molecule has 17 heavy (non-hydrogen) atoms. The van der Waals surface area contributed by atoms with Crippen LogP contribution in [-0.4, -0.2) is 30.2 Å². The monoisotopic (exact) mass is 255 g/mol. The van der Waals surface area contributed by atoms with E-state index in [1.54, 1.807) is 6.20 Å². The van der Waals surface area contributed by atoms with Crippen LogP contribution in [-0.2, 0) is 0 Å². The van der Waals surface area contributed by atoms with Gasteiger partial charge in [0.1, 0.15) is 0 Å². The Morgan fingerprint density at radius 3 is 3.18 bits per heavy atom. The zero-order chi connectivity index (χ0) is 11.8. The van der Waals surface area contributed by atoms with Crippen LogP contribution in [0.5, 0.6) is 0 Å². The molecule has 92 valence electrons. The van der Waals surface area contributed by atoms with Crippen LogP contribution in [0.4, 0.5) is 10.1 Å². The normalized spacial score (nSPS) is 28.2. The number of piperidine rings is 1. The number of nitrogens with zero attached hydrogens (tertiary/aromatic N) is 2. The first-order valence-corrected chi connectivity index (χ1v) is 6.44. The van der Waals surface area contributed by atoms with Gasteiger partial charge in [-0.15, -0.1) is 0 Å². The summed E-state index contributed by atoms with van der Waals surface area (Å²) in [5, 5.41) is 3.45. The molecule has 2 aliphatic rings. The highest BCUT2D eigenvalue weighted by Gasteiger charge is 2.35. The largest absolute Gasteiger partial charge is 0.366 e. The van der Waals surface area contributed by atoms with E-state index >= 15 is 0 Å². The molecule has 1 aromatic heterocycles. The summed E-state index contributed by atoms with van der Waals surface area (Å²) in [4.78, 5) is 6.16. The molecular weight excluding hydrogens is 241 g/mol. The summed E-state index contributed by atoms with van der Waals surface area (Å²) in [5.41, 5.74) is 0.852. The molecule has 0 radical (unpaired) electrons. The standard InChI is InChI=1S/C12H15ClFN3/c13-12-9(14)6-8(7-16-12)17-5-1-2-10-11(17)3-4-15-10/h6-7,10-11,15H,1-5H2/t10-,11-/m1/s1. The SMILES string of the molecule is Fc1cc(N2CCC[C@H]3NCC[C@H]32)cnc1Cl. The van der Waals surface area contributed by atoms with Crippen LogP contribution in [0, 0.1) is 5.82 Å². The van der Waals surface area contributed by atoms with Gasteiger partial charge in [-0.05, 0) is 25.8 Å². The maximum Gasteiger partial charge on any atom is 0.164 e. The van der Waals surface area contributed by atoms with Gasteiger partial charge in [-0.2, -0.15) is 0 Å². The lowest BCUT2D eigenvalue weighted by Crippen LogP contribution is -2.48. The van der Waals surface area contributed by atoms with Gasteiger partial charge >= 0.3 is 0 Å². The molecule has 2 saturated heterocycles. The molecule has 3 heterocycles. The fraction of sp³-hybridized carbons (Fsp3) is 0.583. The minimum atomic E-state index is -0.433. The third-order valence-electron chi connectivity index (χ3n) is 3.74. The Balaban J connectivity index is 1.89. The Morgan fingerprint density at radius 2 is 2.35 bits per heavy atom. The maximum atomic E-state index is 13.4. The van der Waals surface area contributed by atoms with E-state index in [2.05, 4.69) is 15.2 Å². The van der Waals surface area contributed by atoms with Crippen molar-refractivity contribution >= 4 is 17.3 Å². The fourth-order valence-electron chi connectivity index (χ4n) is 2.96. The summed E-state index contributed by atoms with van der Waals surface area (Å²) >= 11 is 5.61. The quantitative estimate of drug-likeness (QED) is 0.780. The number of halogens is 2. The zero-order valence-electron chi connectivity index (χ0n) is 9.50. The van der Waals surface area contributed by atoms with E-state index in [0.29, 0.717) is 12.1 Å². The molecule has 0 spiro atoms. The number of pyridine rings is 1. The van der Waals surface area contributed by atoms with Crippen molar-refractivity contribution in [3.8, 4) is 0 Å². The summed E-state index contributed by atoms with van der Waals surface area (Å²) in [7, 11) is 0. The molecule has 0 aliphatic carbocycles. The van der Waals surface area contributed by atoms with Gasteiger partial charge in [0, 0.05) is 24.7 Å². The van der Waals surface area contributed by atoms with Crippen LogP contribution < -0.4 is 10.2 Å². The summed E-state index contributed by atoms with van der Waals surface area (Å²) in [5.74, 6) is -0.433. The van der Waals surface area contributed by atoms with Crippen molar-refractivity contribution in [3.05, 3.63) is 23.2 Å². The smallest absolute Gasteiger partial charge is 0.164 e. The van der Waals surface area contributed by atoms with Crippen LogP contribution in [0.25, 0.3) is 0 Å². The number of hydrogen-bond donors (Lipinski definition) is 1. The first-order valence-electron chi connectivity index (χ1n) is 6.07. The molecule has 0 unspecified atom stereocenters. The molecular formula is C12H15ClFN3. The molecule has 2 aliphatic heterocycles. The summed E-state index contributed by atoms with van der Waals surface area (Å²) in [6, 6.07) is 2.52. The van der Waals surface area contributed by atoms with Crippen LogP contribution >= 0.6 is 11.6 Å². The Kier molecular flexibility index (Phi) is 2.92. The number of nitrogens with one attached hydrogen (secondary N) is 1. The van der Waals surface area contributed by atoms with Crippen molar-refractivity contribution in [1.29, 1.82) is 0 Å². The number of fused-ring (bicyclic) bond motifs is 1.